The zero-order valence-electron chi connectivity index (χ0n) is 57.6. The molecule has 510 valence electrons. The number of rotatable bonds is 15. The summed E-state index contributed by atoms with van der Waals surface area (Å²) in [5.74, 6) is -1.74. The third kappa shape index (κ3) is 13.6. The Hall–Kier alpha value is -11.6. The zero-order chi connectivity index (χ0) is 70.5. The van der Waals surface area contributed by atoms with Gasteiger partial charge in [-0.3, -0.25) is 29.6 Å². The van der Waals surface area contributed by atoms with Crippen molar-refractivity contribution in [3.63, 3.8) is 0 Å². The van der Waals surface area contributed by atoms with E-state index >= 15 is 0 Å². The molecule has 12 aromatic rings. The Morgan fingerprint density at radius 2 is 0.743 bits per heavy atom. The van der Waals surface area contributed by atoms with Crippen molar-refractivity contribution in [1.82, 2.24) is 39.3 Å². The topological polar surface area (TPSA) is 191 Å². The van der Waals surface area contributed by atoms with E-state index in [1.165, 1.54) is 17.1 Å². The van der Waals surface area contributed by atoms with Gasteiger partial charge in [-0.1, -0.05) is 182 Å². The van der Waals surface area contributed by atoms with Gasteiger partial charge in [0, 0.05) is 72.9 Å². The van der Waals surface area contributed by atoms with Crippen molar-refractivity contribution >= 4 is 57.2 Å². The molecule has 6 heterocycles. The SMILES string of the molecule is CC(C)(C)OC(=O)N1CC[C@@H](C(=O)N(O)c2ccc3c(c2)c(-c2ccncc2)nn3C(c2ccccc2)(c2ccccc2)c2ccccc2)C1.CON(C(=O)C1CCN(C(=O)OC(C)(C)C)C1)c1ccc2c(c1)c(-c1ccncc1)nn2C(c1ccccc1)(c1ccccc1)c1ccccc1. The first-order valence-corrected chi connectivity index (χ1v) is 33.9. The van der Waals surface area contributed by atoms with Crippen LogP contribution in [0.1, 0.15) is 87.8 Å². The smallest absolute Gasteiger partial charge is 0.410 e. The molecular weight excluding hydrogens is 1260 g/mol. The van der Waals surface area contributed by atoms with Crippen molar-refractivity contribution in [2.75, 3.05) is 43.4 Å². The van der Waals surface area contributed by atoms with Gasteiger partial charge in [-0.25, -0.2) is 19.0 Å². The van der Waals surface area contributed by atoms with Gasteiger partial charge in [-0.15, -0.1) is 0 Å². The monoisotopic (exact) mass is 1340 g/mol. The highest BCUT2D eigenvalue weighted by molar-refractivity contribution is 6.02. The van der Waals surface area contributed by atoms with Gasteiger partial charge >= 0.3 is 12.2 Å². The number of anilines is 2. The highest BCUT2D eigenvalue weighted by atomic mass is 16.7. The van der Waals surface area contributed by atoms with Crippen molar-refractivity contribution in [2.24, 2.45) is 11.8 Å². The predicted octanol–water partition coefficient (Wildman–Crippen LogP) is 16.0. The van der Waals surface area contributed by atoms with E-state index in [1.54, 1.807) is 62.6 Å². The van der Waals surface area contributed by atoms with Crippen molar-refractivity contribution in [2.45, 2.75) is 76.7 Å². The van der Waals surface area contributed by atoms with Crippen LogP contribution in [0.15, 0.2) is 267 Å². The number of benzene rings is 8. The summed E-state index contributed by atoms with van der Waals surface area (Å²) < 4.78 is 15.2. The van der Waals surface area contributed by atoms with E-state index in [0.29, 0.717) is 48.1 Å². The summed E-state index contributed by atoms with van der Waals surface area (Å²) in [7, 11) is 1.49. The van der Waals surface area contributed by atoms with Gasteiger partial charge in [0.25, 0.3) is 11.8 Å². The molecule has 2 aliphatic heterocycles. The molecule has 8 aromatic carbocycles. The molecule has 2 saturated heterocycles. The standard InChI is InChI=1S/C42H41N5O4.C41H39N5O4/c1-41(2,3)51-40(49)45-27-24-31(29-45)39(48)46(50-4)35-20-21-37-36(28-35)38(30-22-25-43-26-23-30)44-47(37)42(32-14-8-5-9-15-32,33-16-10-6-11-17-33)34-18-12-7-13-19-34;1-40(2,3)50-39(48)44-26-23-30(28-44)38(47)45(49)34-19-20-36-35(27-34)37(29-21-24-42-25-22-29)43-46(36)41(31-13-7-4-8-14-31,32-15-9-5-10-16-32)33-17-11-6-12-18-33/h5-23,25-26,28,31H,24,27,29H2,1-4H3;4-22,24-25,27,30,49H,23,26,28H2,1-3H3/t;30-/m.1/s1. The summed E-state index contributed by atoms with van der Waals surface area (Å²) in [6.45, 7) is 12.1. The molecule has 18 nitrogen and oxygen atoms in total. The lowest BCUT2D eigenvalue weighted by Gasteiger charge is -2.37. The van der Waals surface area contributed by atoms with Crippen LogP contribution >= 0.6 is 0 Å². The number of carbonyl (C=O) groups is 4. The molecule has 1 unspecified atom stereocenters. The summed E-state index contributed by atoms with van der Waals surface area (Å²) >= 11 is 0. The maximum absolute atomic E-state index is 14.0. The van der Waals surface area contributed by atoms with Gasteiger partial charge in [0.2, 0.25) is 0 Å². The summed E-state index contributed by atoms with van der Waals surface area (Å²) in [5, 5.41) is 25.9. The Bertz CT molecular complexity index is 4670. The van der Waals surface area contributed by atoms with Crippen LogP contribution in [0.25, 0.3) is 44.3 Å². The van der Waals surface area contributed by atoms with Gasteiger partial charge < -0.3 is 19.3 Å². The van der Waals surface area contributed by atoms with Crippen LogP contribution in [0.2, 0.25) is 0 Å². The molecule has 4 aromatic heterocycles. The second-order valence-corrected chi connectivity index (χ2v) is 27.3. The highest BCUT2D eigenvalue weighted by Crippen LogP contribution is 2.47. The first kappa shape index (κ1) is 67.9. The minimum absolute atomic E-state index is 0.168. The average Bonchev–Trinajstić information content (AvgIpc) is 1.64. The first-order valence-electron chi connectivity index (χ1n) is 33.9. The highest BCUT2D eigenvalue weighted by Gasteiger charge is 2.44. The van der Waals surface area contributed by atoms with E-state index in [2.05, 4.69) is 129 Å². The number of hydroxylamine groups is 2. The minimum Gasteiger partial charge on any atom is -0.444 e. The summed E-state index contributed by atoms with van der Waals surface area (Å²) in [6, 6.07) is 81.1. The van der Waals surface area contributed by atoms with E-state index in [0.717, 1.165) is 72.0 Å². The van der Waals surface area contributed by atoms with Crippen LogP contribution in [0, 0.1) is 11.8 Å². The number of ether oxygens (including phenoxy) is 2. The largest absolute Gasteiger partial charge is 0.444 e. The normalized spacial score (nSPS) is 14.9. The van der Waals surface area contributed by atoms with Gasteiger partial charge in [0.05, 0.1) is 41.4 Å². The summed E-state index contributed by atoms with van der Waals surface area (Å²) in [6.07, 6.45) is 7.00. The van der Waals surface area contributed by atoms with Gasteiger partial charge in [0.15, 0.2) is 0 Å². The van der Waals surface area contributed by atoms with Crippen molar-refractivity contribution < 1.29 is 38.7 Å². The maximum Gasteiger partial charge on any atom is 0.410 e. The molecule has 0 radical (unpaired) electrons. The van der Waals surface area contributed by atoms with Crippen molar-refractivity contribution in [3.8, 4) is 22.5 Å². The lowest BCUT2D eigenvalue weighted by Crippen LogP contribution is -2.39. The number of hydrogen-bond acceptors (Lipinski definition) is 12. The van der Waals surface area contributed by atoms with E-state index in [9.17, 15) is 24.4 Å². The average molecular weight is 1350 g/mol. The number of carbonyl (C=O) groups excluding carboxylic acids is 4. The number of aromatic nitrogens is 6. The number of nitrogens with zero attached hydrogens (tertiary/aromatic N) is 10. The molecule has 101 heavy (non-hydrogen) atoms. The lowest BCUT2D eigenvalue weighted by atomic mass is 9.77. The molecule has 2 aliphatic rings. The van der Waals surface area contributed by atoms with Gasteiger partial charge in [-0.2, -0.15) is 20.3 Å². The zero-order valence-corrected chi connectivity index (χ0v) is 57.6. The van der Waals surface area contributed by atoms with E-state index < -0.39 is 52.2 Å². The van der Waals surface area contributed by atoms with Gasteiger partial charge in [-0.05, 0) is 148 Å². The molecule has 2 fully saturated rings. The maximum atomic E-state index is 14.0. The van der Waals surface area contributed by atoms with E-state index in [1.807, 2.05) is 142 Å². The Morgan fingerprint density at radius 3 is 1.07 bits per heavy atom. The Morgan fingerprint density at radius 1 is 0.426 bits per heavy atom. The molecule has 2 atom stereocenters. The van der Waals surface area contributed by atoms with Crippen LogP contribution < -0.4 is 10.1 Å². The number of amides is 4. The second-order valence-electron chi connectivity index (χ2n) is 27.3. The number of pyridine rings is 2. The van der Waals surface area contributed by atoms with E-state index in [4.69, 9.17) is 24.5 Å². The molecule has 0 spiro atoms. The summed E-state index contributed by atoms with van der Waals surface area (Å²) in [4.78, 5) is 70.6. The Kier molecular flexibility index (Phi) is 19.3. The number of hydrogen-bond donors (Lipinski definition) is 1. The molecule has 0 aliphatic carbocycles. The third-order valence-electron chi connectivity index (χ3n) is 18.5. The molecule has 14 rings (SSSR count). The van der Waals surface area contributed by atoms with Crippen molar-refractivity contribution in [1.29, 1.82) is 0 Å². The quantitative estimate of drug-likeness (QED) is 0.0581. The fourth-order valence-electron chi connectivity index (χ4n) is 13.9. The molecule has 1 N–H and O–H groups in total. The third-order valence-corrected chi connectivity index (χ3v) is 18.5. The summed E-state index contributed by atoms with van der Waals surface area (Å²) in [5.41, 5.74) is 8.82. The fourth-order valence-corrected chi connectivity index (χ4v) is 13.9. The molecule has 18 heteroatoms. The molecular formula is C83H80N10O8. The number of fused-ring (bicyclic) bond motifs is 2. The predicted molar refractivity (Wildman–Crippen MR) is 391 cm³/mol. The van der Waals surface area contributed by atoms with Gasteiger partial charge in [0.1, 0.15) is 33.7 Å². The molecule has 0 saturated carbocycles. The van der Waals surface area contributed by atoms with Crippen LogP contribution in [-0.2, 0) is 35.0 Å². The fraction of sp³-hybridized carbons (Fsp3) is 0.229. The van der Waals surface area contributed by atoms with E-state index in [-0.39, 0.29) is 19.0 Å². The Balaban J connectivity index is 0.000000181. The van der Waals surface area contributed by atoms with Crippen LogP contribution in [0.4, 0.5) is 21.0 Å². The minimum atomic E-state index is -0.890. The Labute approximate surface area is 587 Å². The second kappa shape index (κ2) is 28.7. The van der Waals surface area contributed by atoms with Crippen LogP contribution in [-0.4, -0.2) is 113 Å². The molecule has 0 bridgehead atoms. The first-order chi connectivity index (χ1) is 48.9. The molecule has 4 amide bonds. The number of likely N-dealkylation sites (tertiary alicyclic amines) is 2. The van der Waals surface area contributed by atoms with Crippen molar-refractivity contribution in [3.05, 3.63) is 301 Å². The van der Waals surface area contributed by atoms with Crippen LogP contribution in [0.3, 0.4) is 0 Å². The lowest BCUT2D eigenvalue weighted by molar-refractivity contribution is -0.128. The van der Waals surface area contributed by atoms with Crippen LogP contribution in [0.5, 0.6) is 0 Å².